The van der Waals surface area contributed by atoms with Gasteiger partial charge in [0.25, 0.3) is 0 Å². The molecule has 39 heavy (non-hydrogen) atoms. The van der Waals surface area contributed by atoms with Gasteiger partial charge in [-0.2, -0.15) is 0 Å². The predicted molar refractivity (Wildman–Crippen MR) is 151 cm³/mol. The Kier molecular flexibility index (Phi) is 12.0. The molecular formula is C33H42O6. The van der Waals surface area contributed by atoms with Gasteiger partial charge < -0.3 is 29.2 Å². The number of unbranched alkanes of at least 4 members (excludes halogenated alkanes) is 3. The lowest BCUT2D eigenvalue weighted by molar-refractivity contribution is -0.272. The molecule has 0 unspecified atom stereocenters. The van der Waals surface area contributed by atoms with Crippen molar-refractivity contribution in [3.05, 3.63) is 108 Å². The van der Waals surface area contributed by atoms with Crippen LogP contribution in [-0.4, -0.2) is 53.4 Å². The molecule has 1 aliphatic carbocycles. The smallest absolute Gasteiger partial charge is 0.116 e. The quantitative estimate of drug-likeness (QED) is 0.253. The minimum atomic E-state index is -1.20. The van der Waals surface area contributed by atoms with Gasteiger partial charge in [-0.1, -0.05) is 117 Å². The molecule has 6 heteroatoms. The van der Waals surface area contributed by atoms with Crippen LogP contribution in [0.4, 0.5) is 0 Å². The third-order valence-electron chi connectivity index (χ3n) is 7.16. The van der Waals surface area contributed by atoms with Crippen LogP contribution in [0, 0.1) is 0 Å². The second kappa shape index (κ2) is 15.9. The maximum atomic E-state index is 11.3. The Hall–Kier alpha value is -2.58. The Morgan fingerprint density at radius 2 is 0.872 bits per heavy atom. The summed E-state index contributed by atoms with van der Waals surface area (Å²) in [7, 11) is 0. The summed E-state index contributed by atoms with van der Waals surface area (Å²) < 4.78 is 25.4. The molecule has 0 aliphatic heterocycles. The molecule has 1 aliphatic rings. The number of benzene rings is 3. The molecule has 0 amide bonds. The molecule has 0 spiro atoms. The normalized spacial score (nSPS) is 25.0. The Morgan fingerprint density at radius 3 is 1.28 bits per heavy atom. The van der Waals surface area contributed by atoms with Crippen LogP contribution in [0.15, 0.2) is 91.0 Å². The van der Waals surface area contributed by atoms with Crippen molar-refractivity contribution in [3.63, 3.8) is 0 Å². The summed E-state index contributed by atoms with van der Waals surface area (Å²) >= 11 is 0. The first-order chi connectivity index (χ1) is 19.2. The first kappa shape index (κ1) is 29.4. The molecule has 6 nitrogen and oxygen atoms in total. The number of aliphatic hydroxyl groups is 2. The van der Waals surface area contributed by atoms with Crippen molar-refractivity contribution in [2.75, 3.05) is 6.61 Å². The van der Waals surface area contributed by atoms with Gasteiger partial charge in [-0.15, -0.1) is 0 Å². The van der Waals surface area contributed by atoms with Crippen LogP contribution in [0.1, 0.15) is 49.3 Å². The molecular weight excluding hydrogens is 492 g/mol. The zero-order valence-electron chi connectivity index (χ0n) is 22.8. The van der Waals surface area contributed by atoms with Crippen molar-refractivity contribution in [1.29, 1.82) is 0 Å². The Balaban J connectivity index is 1.57. The summed E-state index contributed by atoms with van der Waals surface area (Å²) in [6.07, 6.45) is -1.10. The molecule has 0 saturated heterocycles. The van der Waals surface area contributed by atoms with E-state index >= 15 is 0 Å². The van der Waals surface area contributed by atoms with E-state index in [0.29, 0.717) is 19.8 Å². The van der Waals surface area contributed by atoms with Gasteiger partial charge in [0.15, 0.2) is 0 Å². The van der Waals surface area contributed by atoms with Gasteiger partial charge in [0, 0.05) is 6.61 Å². The van der Waals surface area contributed by atoms with E-state index in [2.05, 4.69) is 6.92 Å². The highest BCUT2D eigenvalue weighted by Gasteiger charge is 2.52. The molecule has 6 atom stereocenters. The largest absolute Gasteiger partial charge is 0.387 e. The topological polar surface area (TPSA) is 77.4 Å². The minimum absolute atomic E-state index is 0.272. The lowest BCUT2D eigenvalue weighted by Gasteiger charge is -2.47. The summed E-state index contributed by atoms with van der Waals surface area (Å²) in [6, 6.07) is 29.6. The molecule has 0 aromatic heterocycles. The van der Waals surface area contributed by atoms with Crippen molar-refractivity contribution in [2.45, 2.75) is 89.1 Å². The lowest BCUT2D eigenvalue weighted by Crippen LogP contribution is -2.66. The minimum Gasteiger partial charge on any atom is -0.387 e. The molecule has 0 radical (unpaired) electrons. The first-order valence-corrected chi connectivity index (χ1v) is 14.1. The number of ether oxygens (including phenoxy) is 4. The fraction of sp³-hybridized carbons (Fsp3) is 0.455. The van der Waals surface area contributed by atoms with Crippen LogP contribution < -0.4 is 0 Å². The molecule has 2 N–H and O–H groups in total. The fourth-order valence-corrected chi connectivity index (χ4v) is 4.97. The van der Waals surface area contributed by atoms with E-state index in [1.807, 2.05) is 91.0 Å². The van der Waals surface area contributed by atoms with E-state index in [-0.39, 0.29) is 6.61 Å². The van der Waals surface area contributed by atoms with E-state index < -0.39 is 36.6 Å². The van der Waals surface area contributed by atoms with E-state index in [0.717, 1.165) is 42.4 Å². The second-order valence-corrected chi connectivity index (χ2v) is 10.2. The van der Waals surface area contributed by atoms with Gasteiger partial charge in [0.1, 0.15) is 36.6 Å². The number of hydrogen-bond donors (Lipinski definition) is 2. The maximum absolute atomic E-state index is 11.3. The molecule has 0 heterocycles. The zero-order valence-corrected chi connectivity index (χ0v) is 22.8. The molecule has 1 saturated carbocycles. The zero-order chi connectivity index (χ0) is 27.3. The first-order valence-electron chi connectivity index (χ1n) is 14.1. The summed E-state index contributed by atoms with van der Waals surface area (Å²) in [4.78, 5) is 0. The Labute approximate surface area is 232 Å². The third kappa shape index (κ3) is 8.70. The van der Waals surface area contributed by atoms with Crippen molar-refractivity contribution in [2.24, 2.45) is 0 Å². The molecule has 1 fully saturated rings. The molecule has 0 bridgehead atoms. The number of rotatable bonds is 15. The average Bonchev–Trinajstić information content (AvgIpc) is 2.98. The van der Waals surface area contributed by atoms with Crippen molar-refractivity contribution >= 4 is 0 Å². The van der Waals surface area contributed by atoms with Crippen LogP contribution in [0.5, 0.6) is 0 Å². The van der Waals surface area contributed by atoms with Gasteiger partial charge >= 0.3 is 0 Å². The van der Waals surface area contributed by atoms with Gasteiger partial charge in [-0.3, -0.25) is 0 Å². The van der Waals surface area contributed by atoms with Gasteiger partial charge in [0.2, 0.25) is 0 Å². The SMILES string of the molecule is CCCCCCO[C@H]1[C@@H](O)[C@@H](O)[C@H](OCc2ccccc2)[C@@H](OCc2ccccc2)[C@@H]1OCc1ccccc1. The highest BCUT2D eigenvalue weighted by Crippen LogP contribution is 2.32. The van der Waals surface area contributed by atoms with E-state index in [1.165, 1.54) is 0 Å². The van der Waals surface area contributed by atoms with Crippen LogP contribution >= 0.6 is 0 Å². The summed E-state index contributed by atoms with van der Waals surface area (Å²) in [5, 5.41) is 22.6. The maximum Gasteiger partial charge on any atom is 0.116 e. The van der Waals surface area contributed by atoms with Crippen LogP contribution in [0.3, 0.4) is 0 Å². The average molecular weight is 535 g/mol. The third-order valence-corrected chi connectivity index (χ3v) is 7.16. The van der Waals surface area contributed by atoms with E-state index in [9.17, 15) is 10.2 Å². The summed E-state index contributed by atoms with van der Waals surface area (Å²) in [6.45, 7) is 3.55. The fourth-order valence-electron chi connectivity index (χ4n) is 4.97. The van der Waals surface area contributed by atoms with Crippen LogP contribution in [0.25, 0.3) is 0 Å². The van der Waals surface area contributed by atoms with Crippen molar-refractivity contribution in [3.8, 4) is 0 Å². The second-order valence-electron chi connectivity index (χ2n) is 10.2. The molecule has 3 aromatic rings. The van der Waals surface area contributed by atoms with E-state index in [4.69, 9.17) is 18.9 Å². The Bertz CT molecular complexity index is 1050. The van der Waals surface area contributed by atoms with Crippen molar-refractivity contribution < 1.29 is 29.2 Å². The molecule has 4 rings (SSSR count). The summed E-state index contributed by atoms with van der Waals surface area (Å²) in [5.74, 6) is 0. The highest BCUT2D eigenvalue weighted by atomic mass is 16.6. The molecule has 210 valence electrons. The van der Waals surface area contributed by atoms with Crippen LogP contribution in [0.2, 0.25) is 0 Å². The standard InChI is InChI=1S/C33H42O6/c1-2-3-4-14-21-36-30-28(34)29(35)31(37-22-25-15-8-5-9-16-25)33(39-24-27-19-12-7-13-20-27)32(30)38-23-26-17-10-6-11-18-26/h5-13,15-20,28-35H,2-4,14,21-24H2,1H3/t28-,29+,30-,31-,32+,33+/m0/s1. The van der Waals surface area contributed by atoms with Crippen LogP contribution in [-0.2, 0) is 38.8 Å². The molecule has 3 aromatic carbocycles. The summed E-state index contributed by atoms with van der Waals surface area (Å²) in [5.41, 5.74) is 2.97. The van der Waals surface area contributed by atoms with Gasteiger partial charge in [0.05, 0.1) is 19.8 Å². The number of aliphatic hydroxyl groups excluding tert-OH is 2. The Morgan fingerprint density at radius 1 is 0.487 bits per heavy atom. The lowest BCUT2D eigenvalue weighted by atomic mass is 9.84. The van der Waals surface area contributed by atoms with E-state index in [1.54, 1.807) is 0 Å². The predicted octanol–water partition coefficient (Wildman–Crippen LogP) is 5.44. The van der Waals surface area contributed by atoms with Crippen molar-refractivity contribution in [1.82, 2.24) is 0 Å². The van der Waals surface area contributed by atoms with Gasteiger partial charge in [-0.05, 0) is 23.1 Å². The monoisotopic (exact) mass is 534 g/mol. The number of hydrogen-bond acceptors (Lipinski definition) is 6. The highest BCUT2D eigenvalue weighted by molar-refractivity contribution is 5.16. The van der Waals surface area contributed by atoms with Gasteiger partial charge in [-0.25, -0.2) is 0 Å².